The van der Waals surface area contributed by atoms with Crippen LogP contribution in [0.15, 0.2) is 36.7 Å². The summed E-state index contributed by atoms with van der Waals surface area (Å²) >= 11 is 0. The first-order chi connectivity index (χ1) is 8.29. The van der Waals surface area contributed by atoms with Crippen molar-refractivity contribution in [3.05, 3.63) is 42.2 Å². The highest BCUT2D eigenvalue weighted by atomic mass is 16.3. The zero-order chi connectivity index (χ0) is 12.1. The van der Waals surface area contributed by atoms with E-state index in [-0.39, 0.29) is 6.61 Å². The number of benzene rings is 1. The number of nitrogens with one attached hydrogen (secondary N) is 1. The van der Waals surface area contributed by atoms with Crippen LogP contribution >= 0.6 is 0 Å². The largest absolute Gasteiger partial charge is 0.394 e. The Hall–Kier alpha value is -1.49. The summed E-state index contributed by atoms with van der Waals surface area (Å²) in [6, 6.07) is 8.13. The molecule has 4 nitrogen and oxygen atoms in total. The van der Waals surface area contributed by atoms with Gasteiger partial charge in [-0.2, -0.15) is 0 Å². The Morgan fingerprint density at radius 1 is 1.24 bits per heavy atom. The monoisotopic (exact) mass is 232 g/mol. The smallest absolute Gasteiger partial charge is 0.0895 e. The molecule has 3 N–H and O–H groups in total. The van der Waals surface area contributed by atoms with Crippen LogP contribution in [0.5, 0.6) is 0 Å². The van der Waals surface area contributed by atoms with E-state index in [0.29, 0.717) is 13.1 Å². The topological polar surface area (TPSA) is 65.4 Å². The second kappa shape index (κ2) is 5.72. The van der Waals surface area contributed by atoms with Gasteiger partial charge in [-0.3, -0.25) is 4.98 Å². The van der Waals surface area contributed by atoms with Crippen LogP contribution in [-0.4, -0.2) is 34.5 Å². The molecule has 0 aliphatic rings. The maximum atomic E-state index is 9.19. The van der Waals surface area contributed by atoms with E-state index in [1.54, 1.807) is 6.20 Å². The summed E-state index contributed by atoms with van der Waals surface area (Å²) < 4.78 is 0. The molecule has 0 aliphatic carbocycles. The molecule has 0 fully saturated rings. The van der Waals surface area contributed by atoms with Crippen molar-refractivity contribution < 1.29 is 10.2 Å². The lowest BCUT2D eigenvalue weighted by atomic mass is 10.1. The Morgan fingerprint density at radius 2 is 2.12 bits per heavy atom. The highest BCUT2D eigenvalue weighted by Crippen LogP contribution is 2.14. The summed E-state index contributed by atoms with van der Waals surface area (Å²) in [5.74, 6) is 0. The fourth-order valence-electron chi connectivity index (χ4n) is 1.69. The Bertz CT molecular complexity index is 488. The molecule has 0 saturated heterocycles. The quantitative estimate of drug-likeness (QED) is 0.709. The average Bonchev–Trinajstić information content (AvgIpc) is 2.38. The molecular formula is C13H16N2O2. The summed E-state index contributed by atoms with van der Waals surface area (Å²) in [6.45, 7) is 0.858. The number of hydrogen-bond acceptors (Lipinski definition) is 4. The molecule has 0 amide bonds. The molecule has 90 valence electrons. The van der Waals surface area contributed by atoms with E-state index < -0.39 is 6.10 Å². The molecule has 4 heteroatoms. The fourth-order valence-corrected chi connectivity index (χ4v) is 1.69. The van der Waals surface area contributed by atoms with Gasteiger partial charge in [0.25, 0.3) is 0 Å². The molecule has 0 aliphatic heterocycles. The normalized spacial score (nSPS) is 12.8. The lowest BCUT2D eigenvalue weighted by molar-refractivity contribution is 0.0942. The number of aliphatic hydroxyl groups is 2. The zero-order valence-electron chi connectivity index (χ0n) is 9.50. The van der Waals surface area contributed by atoms with Crippen LogP contribution < -0.4 is 5.32 Å². The first-order valence-corrected chi connectivity index (χ1v) is 5.62. The fraction of sp³-hybridized carbons (Fsp3) is 0.308. The number of pyridine rings is 1. The van der Waals surface area contributed by atoms with E-state index in [4.69, 9.17) is 5.11 Å². The van der Waals surface area contributed by atoms with Crippen molar-refractivity contribution in [2.75, 3.05) is 13.2 Å². The van der Waals surface area contributed by atoms with Gasteiger partial charge in [0.2, 0.25) is 0 Å². The van der Waals surface area contributed by atoms with Gasteiger partial charge < -0.3 is 15.5 Å². The molecule has 0 radical (unpaired) electrons. The molecule has 1 atom stereocenters. The molecule has 0 unspecified atom stereocenters. The summed E-state index contributed by atoms with van der Waals surface area (Å²) in [7, 11) is 0. The van der Waals surface area contributed by atoms with Crippen molar-refractivity contribution >= 4 is 10.8 Å². The van der Waals surface area contributed by atoms with Gasteiger partial charge in [0.1, 0.15) is 0 Å². The van der Waals surface area contributed by atoms with Crippen molar-refractivity contribution in [1.82, 2.24) is 10.3 Å². The van der Waals surface area contributed by atoms with Crippen molar-refractivity contribution in [1.29, 1.82) is 0 Å². The van der Waals surface area contributed by atoms with Crippen molar-refractivity contribution in [3.63, 3.8) is 0 Å². The molecule has 2 rings (SSSR count). The Balaban J connectivity index is 1.99. The number of aromatic nitrogens is 1. The maximum absolute atomic E-state index is 9.19. The van der Waals surface area contributed by atoms with Gasteiger partial charge in [-0.15, -0.1) is 0 Å². The standard InChI is InChI=1S/C13H16N2O2/c16-9-13(17)8-15-6-10-1-2-12-7-14-4-3-11(12)5-10/h1-5,7,13,15-17H,6,8-9H2/t13-/m1/s1. The van der Waals surface area contributed by atoms with Gasteiger partial charge >= 0.3 is 0 Å². The molecule has 0 bridgehead atoms. The SMILES string of the molecule is OC[C@H](O)CNCc1ccc2cnccc2c1. The van der Waals surface area contributed by atoms with E-state index in [0.717, 1.165) is 16.3 Å². The molecular weight excluding hydrogens is 216 g/mol. The number of hydrogen-bond donors (Lipinski definition) is 3. The van der Waals surface area contributed by atoms with Crippen molar-refractivity contribution in [3.8, 4) is 0 Å². The number of fused-ring (bicyclic) bond motifs is 1. The molecule has 1 heterocycles. The first kappa shape index (κ1) is 12.0. The highest BCUT2D eigenvalue weighted by molar-refractivity contribution is 5.81. The number of aliphatic hydroxyl groups excluding tert-OH is 2. The third-order valence-corrected chi connectivity index (χ3v) is 2.62. The van der Waals surface area contributed by atoms with Crippen molar-refractivity contribution in [2.45, 2.75) is 12.6 Å². The zero-order valence-corrected chi connectivity index (χ0v) is 9.50. The van der Waals surface area contributed by atoms with Gasteiger partial charge in [0.05, 0.1) is 12.7 Å². The first-order valence-electron chi connectivity index (χ1n) is 5.62. The summed E-state index contributed by atoms with van der Waals surface area (Å²) in [5, 5.41) is 23.2. The Kier molecular flexibility index (Phi) is 4.03. The summed E-state index contributed by atoms with van der Waals surface area (Å²) in [4.78, 5) is 4.06. The lowest BCUT2D eigenvalue weighted by Crippen LogP contribution is -2.28. The molecule has 17 heavy (non-hydrogen) atoms. The van der Waals surface area contributed by atoms with Gasteiger partial charge in [-0.25, -0.2) is 0 Å². The van der Waals surface area contributed by atoms with Crippen LogP contribution in [0.3, 0.4) is 0 Å². The van der Waals surface area contributed by atoms with Crippen LogP contribution in [0.25, 0.3) is 10.8 Å². The third-order valence-electron chi connectivity index (χ3n) is 2.62. The lowest BCUT2D eigenvalue weighted by Gasteiger charge is -2.09. The average molecular weight is 232 g/mol. The van der Waals surface area contributed by atoms with Crippen LogP contribution in [-0.2, 0) is 6.54 Å². The minimum atomic E-state index is -0.695. The second-order valence-corrected chi connectivity index (χ2v) is 4.02. The van der Waals surface area contributed by atoms with E-state index in [1.165, 1.54) is 0 Å². The molecule has 2 aromatic rings. The maximum Gasteiger partial charge on any atom is 0.0895 e. The molecule has 0 saturated carbocycles. The minimum absolute atomic E-state index is 0.212. The number of nitrogens with zero attached hydrogens (tertiary/aromatic N) is 1. The van der Waals surface area contributed by atoms with Crippen LogP contribution in [0.2, 0.25) is 0 Å². The number of rotatable bonds is 5. The summed E-state index contributed by atoms with van der Waals surface area (Å²) in [5.41, 5.74) is 1.15. The third kappa shape index (κ3) is 3.23. The second-order valence-electron chi connectivity index (χ2n) is 4.02. The Morgan fingerprint density at radius 3 is 2.94 bits per heavy atom. The predicted molar refractivity (Wildman–Crippen MR) is 66.5 cm³/mol. The molecule has 0 spiro atoms. The predicted octanol–water partition coefficient (Wildman–Crippen LogP) is 0.678. The van der Waals surface area contributed by atoms with E-state index in [1.807, 2.05) is 24.4 Å². The van der Waals surface area contributed by atoms with Crippen LogP contribution in [0, 0.1) is 0 Å². The van der Waals surface area contributed by atoms with Gasteiger partial charge in [-0.05, 0) is 23.1 Å². The van der Waals surface area contributed by atoms with E-state index in [9.17, 15) is 5.11 Å². The van der Waals surface area contributed by atoms with Crippen LogP contribution in [0.1, 0.15) is 5.56 Å². The Labute approximate surface area is 99.9 Å². The van der Waals surface area contributed by atoms with Crippen LogP contribution in [0.4, 0.5) is 0 Å². The van der Waals surface area contributed by atoms with Crippen molar-refractivity contribution in [2.24, 2.45) is 0 Å². The van der Waals surface area contributed by atoms with E-state index in [2.05, 4.69) is 16.4 Å². The van der Waals surface area contributed by atoms with Gasteiger partial charge in [0.15, 0.2) is 0 Å². The minimum Gasteiger partial charge on any atom is -0.394 e. The van der Waals surface area contributed by atoms with Gasteiger partial charge in [-0.1, -0.05) is 12.1 Å². The summed E-state index contributed by atoms with van der Waals surface area (Å²) in [6.07, 6.45) is 2.91. The van der Waals surface area contributed by atoms with Gasteiger partial charge in [0, 0.05) is 30.9 Å². The van der Waals surface area contributed by atoms with E-state index >= 15 is 0 Å². The highest BCUT2D eigenvalue weighted by Gasteiger charge is 2.01. The molecule has 1 aromatic carbocycles. The molecule has 1 aromatic heterocycles.